The highest BCUT2D eigenvalue weighted by Gasteiger charge is 2.22. The maximum Gasteiger partial charge on any atom is 0.109 e. The lowest BCUT2D eigenvalue weighted by molar-refractivity contribution is 0.531. The minimum Gasteiger partial charge on any atom is -0.402 e. The predicted molar refractivity (Wildman–Crippen MR) is 56.9 cm³/mol. The van der Waals surface area contributed by atoms with E-state index in [2.05, 4.69) is 21.7 Å². The van der Waals surface area contributed by atoms with Gasteiger partial charge in [0.05, 0.1) is 0 Å². The van der Waals surface area contributed by atoms with Crippen LogP contribution in [0.3, 0.4) is 0 Å². The first-order chi connectivity index (χ1) is 5.55. The number of rotatable bonds is 1. The van der Waals surface area contributed by atoms with Crippen LogP contribution in [0.5, 0.6) is 0 Å². The van der Waals surface area contributed by atoms with Gasteiger partial charge < -0.3 is 5.73 Å². The molecule has 1 aliphatic carbocycles. The number of allylic oxidation sites excluding steroid dienone is 2. The van der Waals surface area contributed by atoms with Gasteiger partial charge in [-0.2, -0.15) is 0 Å². The lowest BCUT2D eigenvalue weighted by atomic mass is 9.65. The van der Waals surface area contributed by atoms with Crippen LogP contribution in [-0.2, 0) is 0 Å². The van der Waals surface area contributed by atoms with Crippen molar-refractivity contribution in [3.63, 3.8) is 0 Å². The van der Waals surface area contributed by atoms with E-state index in [9.17, 15) is 0 Å². The van der Waals surface area contributed by atoms with Crippen LogP contribution < -0.4 is 5.73 Å². The van der Waals surface area contributed by atoms with E-state index in [1.165, 1.54) is 30.5 Å². The lowest BCUT2D eigenvalue weighted by Gasteiger charge is -2.21. The molecule has 2 heteroatoms. The summed E-state index contributed by atoms with van der Waals surface area (Å²) in [5.41, 5.74) is 8.66. The highest BCUT2D eigenvalue weighted by atomic mass is 14.6. The van der Waals surface area contributed by atoms with Crippen molar-refractivity contribution in [2.45, 2.75) is 51.3 Å². The summed E-state index contributed by atoms with van der Waals surface area (Å²) in [7, 11) is 2.35. The molecule has 0 heterocycles. The van der Waals surface area contributed by atoms with E-state index >= 15 is 0 Å². The van der Waals surface area contributed by atoms with Gasteiger partial charge in [0.15, 0.2) is 0 Å². The molecule has 0 spiro atoms. The zero-order valence-corrected chi connectivity index (χ0v) is 8.61. The van der Waals surface area contributed by atoms with Gasteiger partial charge in [-0.3, -0.25) is 0 Å². The smallest absolute Gasteiger partial charge is 0.109 e. The van der Waals surface area contributed by atoms with Crippen molar-refractivity contribution in [3.8, 4) is 0 Å². The monoisotopic (exact) mass is 165 g/mol. The molecule has 0 aromatic heterocycles. The Morgan fingerprint density at radius 2 is 2.00 bits per heavy atom. The molecular formula is C10H20BN. The third-order valence-corrected chi connectivity index (χ3v) is 3.06. The molecule has 0 aromatic rings. The van der Waals surface area contributed by atoms with Crippen LogP contribution in [0.2, 0.25) is 5.31 Å². The van der Waals surface area contributed by atoms with Crippen LogP contribution in [0.15, 0.2) is 11.3 Å². The molecule has 1 atom stereocenters. The van der Waals surface area contributed by atoms with Crippen molar-refractivity contribution >= 4 is 7.85 Å². The zero-order valence-electron chi connectivity index (χ0n) is 8.61. The fourth-order valence-corrected chi connectivity index (χ4v) is 1.83. The molecule has 0 bridgehead atoms. The predicted octanol–water partition coefficient (Wildman–Crippen LogP) is 1.99. The summed E-state index contributed by atoms with van der Waals surface area (Å²) in [4.78, 5) is 0. The normalized spacial score (nSPS) is 31.8. The average Bonchev–Trinajstić information content (AvgIpc) is 2.13. The van der Waals surface area contributed by atoms with Gasteiger partial charge >= 0.3 is 0 Å². The van der Waals surface area contributed by atoms with Crippen LogP contribution in [0.25, 0.3) is 0 Å². The quantitative estimate of drug-likeness (QED) is 0.591. The van der Waals surface area contributed by atoms with Gasteiger partial charge in [0, 0.05) is 5.70 Å². The molecule has 0 saturated heterocycles. The molecule has 0 saturated carbocycles. The second-order valence-corrected chi connectivity index (χ2v) is 4.65. The van der Waals surface area contributed by atoms with E-state index in [-0.39, 0.29) is 0 Å². The van der Waals surface area contributed by atoms with Gasteiger partial charge in [0.1, 0.15) is 7.85 Å². The Bertz CT molecular complexity index is 194. The molecule has 12 heavy (non-hydrogen) atoms. The van der Waals surface area contributed by atoms with Crippen molar-refractivity contribution in [1.29, 1.82) is 0 Å². The van der Waals surface area contributed by atoms with Crippen molar-refractivity contribution in [3.05, 3.63) is 11.3 Å². The molecule has 1 unspecified atom stereocenters. The van der Waals surface area contributed by atoms with E-state index in [4.69, 9.17) is 5.73 Å². The molecule has 2 N–H and O–H groups in total. The van der Waals surface area contributed by atoms with Gasteiger partial charge in [-0.05, 0) is 25.7 Å². The summed E-state index contributed by atoms with van der Waals surface area (Å²) in [6.45, 7) is 4.55. The highest BCUT2D eigenvalue weighted by Crippen LogP contribution is 2.39. The van der Waals surface area contributed by atoms with Gasteiger partial charge in [0.2, 0.25) is 0 Å². The average molecular weight is 165 g/mol. The Kier molecular flexibility index (Phi) is 2.87. The Labute approximate surface area is 76.8 Å². The number of hydrogen-bond acceptors (Lipinski definition) is 1. The molecule has 0 radical (unpaired) electrons. The third kappa shape index (κ3) is 2.29. The van der Waals surface area contributed by atoms with E-state index in [0.29, 0.717) is 5.31 Å². The lowest BCUT2D eigenvalue weighted by Crippen LogP contribution is -2.06. The van der Waals surface area contributed by atoms with Crippen molar-refractivity contribution in [2.24, 2.45) is 5.73 Å². The minimum atomic E-state index is 0.502. The van der Waals surface area contributed by atoms with Crippen LogP contribution >= 0.6 is 0 Å². The summed E-state index contributed by atoms with van der Waals surface area (Å²) < 4.78 is 0. The molecule has 0 amide bonds. The summed E-state index contributed by atoms with van der Waals surface area (Å²) >= 11 is 0. The number of hydrogen-bond donors (Lipinski definition) is 1. The summed E-state index contributed by atoms with van der Waals surface area (Å²) in [6.07, 6.45) is 6.02. The van der Waals surface area contributed by atoms with Gasteiger partial charge in [0.25, 0.3) is 0 Å². The third-order valence-electron chi connectivity index (χ3n) is 3.06. The van der Waals surface area contributed by atoms with Crippen molar-refractivity contribution in [2.75, 3.05) is 0 Å². The first-order valence-corrected chi connectivity index (χ1v) is 5.01. The number of nitrogens with two attached hydrogens (primary N) is 1. The Balaban J connectivity index is 2.67. The second-order valence-electron chi connectivity index (χ2n) is 4.65. The van der Waals surface area contributed by atoms with Gasteiger partial charge in [-0.1, -0.05) is 31.2 Å². The van der Waals surface area contributed by atoms with Crippen LogP contribution in [-0.4, -0.2) is 7.85 Å². The Morgan fingerprint density at radius 3 is 2.58 bits per heavy atom. The molecule has 0 aliphatic heterocycles. The van der Waals surface area contributed by atoms with E-state index in [1.807, 2.05) is 0 Å². The standard InChI is InChI=1S/C10H20BN/c1-3-8-4-6-10(2,11)7-5-9(8)12/h3-7,11-12H2,1-2H3. The molecule has 0 fully saturated rings. The fourth-order valence-electron chi connectivity index (χ4n) is 1.83. The van der Waals surface area contributed by atoms with Gasteiger partial charge in [-0.15, -0.1) is 0 Å². The van der Waals surface area contributed by atoms with Gasteiger partial charge in [-0.25, -0.2) is 0 Å². The van der Waals surface area contributed by atoms with Crippen molar-refractivity contribution < 1.29 is 0 Å². The maximum absolute atomic E-state index is 5.99. The van der Waals surface area contributed by atoms with Crippen molar-refractivity contribution in [1.82, 2.24) is 0 Å². The SMILES string of the molecule is BC1(C)CCC(N)=C(CC)CC1. The first kappa shape index (κ1) is 9.69. The zero-order chi connectivity index (χ0) is 9.19. The molecule has 1 nitrogen and oxygen atoms in total. The summed E-state index contributed by atoms with van der Waals surface area (Å²) in [5, 5.41) is 0.502. The van der Waals surface area contributed by atoms with E-state index in [1.54, 1.807) is 0 Å². The van der Waals surface area contributed by atoms with E-state index in [0.717, 1.165) is 12.8 Å². The largest absolute Gasteiger partial charge is 0.402 e. The summed E-state index contributed by atoms with van der Waals surface area (Å²) in [6, 6.07) is 0. The first-order valence-electron chi connectivity index (χ1n) is 5.01. The molecule has 1 aliphatic rings. The van der Waals surface area contributed by atoms with E-state index < -0.39 is 0 Å². The highest BCUT2D eigenvalue weighted by molar-refractivity contribution is 6.14. The molecule has 1 rings (SSSR count). The van der Waals surface area contributed by atoms with Crippen LogP contribution in [0.1, 0.15) is 46.0 Å². The molecule has 0 aromatic carbocycles. The summed E-state index contributed by atoms with van der Waals surface area (Å²) in [5.74, 6) is 0. The Hall–Kier alpha value is -0.395. The maximum atomic E-state index is 5.99. The second kappa shape index (κ2) is 3.55. The molecular weight excluding hydrogens is 145 g/mol. The van der Waals surface area contributed by atoms with Crippen LogP contribution in [0.4, 0.5) is 0 Å². The topological polar surface area (TPSA) is 26.0 Å². The molecule has 68 valence electrons. The Morgan fingerprint density at radius 1 is 1.42 bits per heavy atom. The minimum absolute atomic E-state index is 0.502. The fraction of sp³-hybridized carbons (Fsp3) is 0.800. The van der Waals surface area contributed by atoms with Crippen LogP contribution in [0, 0.1) is 0 Å².